The first-order valence-corrected chi connectivity index (χ1v) is 6.87. The van der Waals surface area contributed by atoms with Crippen molar-refractivity contribution in [3.8, 4) is 0 Å². The Hall–Kier alpha value is -0.620. The molecule has 1 aliphatic rings. The van der Waals surface area contributed by atoms with Gasteiger partial charge in [0.15, 0.2) is 0 Å². The first kappa shape index (κ1) is 12.8. The van der Waals surface area contributed by atoms with Gasteiger partial charge in [-0.25, -0.2) is 0 Å². The maximum Gasteiger partial charge on any atom is 0.253 e. The normalized spacial score (nSPS) is 24.1. The highest BCUT2D eigenvalue weighted by Gasteiger charge is 2.35. The fourth-order valence-electron chi connectivity index (χ4n) is 2.14. The lowest BCUT2D eigenvalue weighted by Crippen LogP contribution is -2.34. The first-order chi connectivity index (χ1) is 8.04. The number of benzene rings is 1. The first-order valence-electron chi connectivity index (χ1n) is 5.79. The Morgan fingerprint density at radius 2 is 2.12 bits per heavy atom. The molecule has 1 amide bonds. The summed E-state index contributed by atoms with van der Waals surface area (Å²) in [5.74, 6) is 0.124. The van der Waals surface area contributed by atoms with E-state index in [1.807, 2.05) is 29.2 Å². The molecule has 1 heterocycles. The summed E-state index contributed by atoms with van der Waals surface area (Å²) < 4.78 is 1.15. The van der Waals surface area contributed by atoms with Gasteiger partial charge in [-0.1, -0.05) is 6.92 Å². The summed E-state index contributed by atoms with van der Waals surface area (Å²) >= 11 is 2.24. The van der Waals surface area contributed by atoms with Gasteiger partial charge in [0.05, 0.1) is 0 Å². The molecule has 1 aliphatic heterocycles. The summed E-state index contributed by atoms with van der Waals surface area (Å²) in [7, 11) is 0. The van der Waals surface area contributed by atoms with Crippen LogP contribution in [0.3, 0.4) is 0 Å². The zero-order valence-corrected chi connectivity index (χ0v) is 12.1. The van der Waals surface area contributed by atoms with Crippen LogP contribution < -0.4 is 5.73 Å². The van der Waals surface area contributed by atoms with Gasteiger partial charge >= 0.3 is 0 Å². The molecule has 17 heavy (non-hydrogen) atoms. The molecule has 2 N–H and O–H groups in total. The third-order valence-electron chi connectivity index (χ3n) is 3.43. The van der Waals surface area contributed by atoms with Gasteiger partial charge in [-0.2, -0.15) is 0 Å². The fraction of sp³-hybridized carbons (Fsp3) is 0.462. The number of rotatable bonds is 2. The van der Waals surface area contributed by atoms with Crippen LogP contribution in [-0.4, -0.2) is 30.4 Å². The zero-order valence-electron chi connectivity index (χ0n) is 9.95. The van der Waals surface area contributed by atoms with E-state index in [0.29, 0.717) is 6.54 Å². The molecule has 4 heteroatoms. The molecule has 0 aliphatic carbocycles. The molecule has 1 fully saturated rings. The standard InChI is InChI=1S/C13H17IN2O/c1-13(8-15)6-7-16(9-13)12(17)10-2-4-11(14)5-3-10/h2-5H,6-9,15H2,1H3. The fourth-order valence-corrected chi connectivity index (χ4v) is 2.50. The van der Waals surface area contributed by atoms with Crippen molar-refractivity contribution in [1.82, 2.24) is 4.90 Å². The highest BCUT2D eigenvalue weighted by Crippen LogP contribution is 2.29. The van der Waals surface area contributed by atoms with E-state index in [1.165, 1.54) is 0 Å². The highest BCUT2D eigenvalue weighted by atomic mass is 127. The van der Waals surface area contributed by atoms with Crippen LogP contribution in [0.4, 0.5) is 0 Å². The monoisotopic (exact) mass is 344 g/mol. The van der Waals surface area contributed by atoms with Crippen molar-refractivity contribution >= 4 is 28.5 Å². The molecule has 1 atom stereocenters. The number of carbonyl (C=O) groups is 1. The topological polar surface area (TPSA) is 46.3 Å². The average Bonchev–Trinajstić information content (AvgIpc) is 2.73. The van der Waals surface area contributed by atoms with Crippen LogP contribution in [0.1, 0.15) is 23.7 Å². The van der Waals surface area contributed by atoms with Crippen LogP contribution in [0.15, 0.2) is 24.3 Å². The molecule has 92 valence electrons. The number of halogens is 1. The molecule has 1 saturated heterocycles. The van der Waals surface area contributed by atoms with Gasteiger partial charge in [-0.05, 0) is 65.2 Å². The second kappa shape index (κ2) is 4.94. The Bertz CT molecular complexity index is 418. The number of likely N-dealkylation sites (tertiary alicyclic amines) is 1. The Morgan fingerprint density at radius 1 is 1.47 bits per heavy atom. The second-order valence-electron chi connectivity index (χ2n) is 5.00. The SMILES string of the molecule is CC1(CN)CCN(C(=O)c2ccc(I)cc2)C1. The zero-order chi connectivity index (χ0) is 12.5. The molecule has 0 spiro atoms. The Balaban J connectivity index is 2.09. The van der Waals surface area contributed by atoms with Gasteiger partial charge in [0.2, 0.25) is 0 Å². The predicted octanol–water partition coefficient (Wildman–Crippen LogP) is 2.10. The summed E-state index contributed by atoms with van der Waals surface area (Å²) in [5.41, 5.74) is 6.62. The molecular formula is C13H17IN2O. The van der Waals surface area contributed by atoms with Crippen LogP contribution in [0.25, 0.3) is 0 Å². The molecule has 0 bridgehead atoms. The number of nitrogens with two attached hydrogens (primary N) is 1. The maximum atomic E-state index is 12.2. The molecule has 1 unspecified atom stereocenters. The minimum absolute atomic E-state index is 0.0961. The molecule has 2 rings (SSSR count). The van der Waals surface area contributed by atoms with Crippen molar-refractivity contribution < 1.29 is 4.79 Å². The van der Waals surface area contributed by atoms with E-state index in [4.69, 9.17) is 5.73 Å². The van der Waals surface area contributed by atoms with Gasteiger partial charge in [0.25, 0.3) is 5.91 Å². The molecule has 1 aromatic rings. The summed E-state index contributed by atoms with van der Waals surface area (Å²) in [6, 6.07) is 7.71. The van der Waals surface area contributed by atoms with Crippen LogP contribution in [0, 0.1) is 8.99 Å². The van der Waals surface area contributed by atoms with Crippen LogP contribution in [0.5, 0.6) is 0 Å². The molecule has 3 nitrogen and oxygen atoms in total. The largest absolute Gasteiger partial charge is 0.338 e. The minimum atomic E-state index is 0.0961. The molecule has 1 aromatic carbocycles. The van der Waals surface area contributed by atoms with E-state index in [2.05, 4.69) is 29.5 Å². The predicted molar refractivity (Wildman–Crippen MR) is 76.8 cm³/mol. The van der Waals surface area contributed by atoms with Gasteiger partial charge in [0, 0.05) is 22.2 Å². The van der Waals surface area contributed by atoms with E-state index in [-0.39, 0.29) is 11.3 Å². The maximum absolute atomic E-state index is 12.2. The molecule has 0 aromatic heterocycles. The average molecular weight is 344 g/mol. The van der Waals surface area contributed by atoms with Crippen LogP contribution in [-0.2, 0) is 0 Å². The van der Waals surface area contributed by atoms with Crippen molar-refractivity contribution in [2.24, 2.45) is 11.1 Å². The Morgan fingerprint density at radius 3 is 2.65 bits per heavy atom. The smallest absolute Gasteiger partial charge is 0.253 e. The van der Waals surface area contributed by atoms with Crippen molar-refractivity contribution in [3.05, 3.63) is 33.4 Å². The third-order valence-corrected chi connectivity index (χ3v) is 4.15. The lowest BCUT2D eigenvalue weighted by molar-refractivity contribution is 0.0777. The van der Waals surface area contributed by atoms with Gasteiger partial charge in [-0.3, -0.25) is 4.79 Å². The summed E-state index contributed by atoms with van der Waals surface area (Å²) in [6.07, 6.45) is 1.000. The number of hydrogen-bond acceptors (Lipinski definition) is 2. The quantitative estimate of drug-likeness (QED) is 0.836. The molecular weight excluding hydrogens is 327 g/mol. The van der Waals surface area contributed by atoms with E-state index in [0.717, 1.165) is 28.6 Å². The molecule has 0 saturated carbocycles. The third kappa shape index (κ3) is 2.80. The van der Waals surface area contributed by atoms with Crippen molar-refractivity contribution in [1.29, 1.82) is 0 Å². The Kier molecular flexibility index (Phi) is 3.73. The van der Waals surface area contributed by atoms with Crippen molar-refractivity contribution in [2.45, 2.75) is 13.3 Å². The van der Waals surface area contributed by atoms with Gasteiger partial charge in [0.1, 0.15) is 0 Å². The van der Waals surface area contributed by atoms with E-state index in [9.17, 15) is 4.79 Å². The summed E-state index contributed by atoms with van der Waals surface area (Å²) in [6.45, 7) is 4.38. The van der Waals surface area contributed by atoms with E-state index < -0.39 is 0 Å². The Labute approximate surface area is 116 Å². The van der Waals surface area contributed by atoms with E-state index >= 15 is 0 Å². The summed E-state index contributed by atoms with van der Waals surface area (Å²) in [5, 5.41) is 0. The summed E-state index contributed by atoms with van der Waals surface area (Å²) in [4.78, 5) is 14.2. The van der Waals surface area contributed by atoms with Crippen LogP contribution >= 0.6 is 22.6 Å². The number of carbonyl (C=O) groups excluding carboxylic acids is 1. The van der Waals surface area contributed by atoms with Gasteiger partial charge < -0.3 is 10.6 Å². The molecule has 0 radical (unpaired) electrons. The lowest BCUT2D eigenvalue weighted by Gasteiger charge is -2.22. The number of hydrogen-bond donors (Lipinski definition) is 1. The number of nitrogens with zero attached hydrogens (tertiary/aromatic N) is 1. The van der Waals surface area contributed by atoms with Crippen molar-refractivity contribution in [2.75, 3.05) is 19.6 Å². The van der Waals surface area contributed by atoms with Crippen molar-refractivity contribution in [3.63, 3.8) is 0 Å². The number of amides is 1. The minimum Gasteiger partial charge on any atom is -0.338 e. The second-order valence-corrected chi connectivity index (χ2v) is 6.24. The highest BCUT2D eigenvalue weighted by molar-refractivity contribution is 14.1. The lowest BCUT2D eigenvalue weighted by atomic mass is 9.90. The van der Waals surface area contributed by atoms with Gasteiger partial charge in [-0.15, -0.1) is 0 Å². The van der Waals surface area contributed by atoms with E-state index in [1.54, 1.807) is 0 Å². The van der Waals surface area contributed by atoms with Crippen LogP contribution in [0.2, 0.25) is 0 Å².